The molecule has 4 fully saturated rings. The number of amides is 1. The molecule has 3 heterocycles. The molecule has 0 radical (unpaired) electrons. The number of halogens is 2. The Morgan fingerprint density at radius 2 is 1.72 bits per heavy atom. The van der Waals surface area contributed by atoms with Crippen molar-refractivity contribution in [1.82, 2.24) is 15.1 Å². The Morgan fingerprint density at radius 3 is 2.38 bits per heavy atom. The zero-order chi connectivity index (χ0) is 18.4. The van der Waals surface area contributed by atoms with E-state index in [0.717, 1.165) is 31.7 Å². The number of piperidine rings is 2. The molecule has 1 saturated carbocycles. The highest BCUT2D eigenvalue weighted by Gasteiger charge is 2.59. The van der Waals surface area contributed by atoms with E-state index in [2.05, 4.69) is 10.2 Å². The number of nitrogens with zero attached hydrogens (tertiary/aromatic N) is 2. The zero-order valence-corrected chi connectivity index (χ0v) is 18.2. The first kappa shape index (κ1) is 22.8. The lowest BCUT2D eigenvalue weighted by molar-refractivity contribution is -0.149. The summed E-state index contributed by atoms with van der Waals surface area (Å²) in [6.45, 7) is 6.19. The van der Waals surface area contributed by atoms with Crippen molar-refractivity contribution in [1.29, 1.82) is 0 Å². The van der Waals surface area contributed by atoms with Crippen molar-refractivity contribution in [3.05, 3.63) is 35.9 Å². The van der Waals surface area contributed by atoms with Gasteiger partial charge in [-0.05, 0) is 36.9 Å². The van der Waals surface area contributed by atoms with E-state index < -0.39 is 5.60 Å². The van der Waals surface area contributed by atoms with E-state index in [9.17, 15) is 9.90 Å². The van der Waals surface area contributed by atoms with Gasteiger partial charge in [-0.2, -0.15) is 0 Å². The number of hydrogen-bond donors (Lipinski definition) is 2. The number of aliphatic hydroxyl groups is 1. The largest absolute Gasteiger partial charge is 0.383 e. The quantitative estimate of drug-likeness (QED) is 0.732. The Balaban J connectivity index is 0.00000120. The molecule has 1 amide bonds. The highest BCUT2D eigenvalue weighted by Crippen LogP contribution is 2.50. The summed E-state index contributed by atoms with van der Waals surface area (Å²) in [4.78, 5) is 17.5. The molecule has 29 heavy (non-hydrogen) atoms. The highest BCUT2D eigenvalue weighted by atomic mass is 35.5. The van der Waals surface area contributed by atoms with Crippen LogP contribution in [-0.4, -0.2) is 79.3 Å². The molecule has 1 aromatic carbocycles. The first-order chi connectivity index (χ1) is 13.2. The van der Waals surface area contributed by atoms with E-state index in [1.807, 2.05) is 35.2 Å². The molecular formula is C21H31Cl2N3O3. The fraction of sp³-hybridized carbons (Fsp3) is 0.667. The highest BCUT2D eigenvalue weighted by molar-refractivity contribution is 5.85. The minimum absolute atomic E-state index is 0. The second kappa shape index (κ2) is 9.08. The maximum Gasteiger partial charge on any atom is 0.226 e. The minimum atomic E-state index is -0.920. The molecule has 0 spiro atoms. The van der Waals surface area contributed by atoms with Crippen LogP contribution in [0.3, 0.4) is 0 Å². The van der Waals surface area contributed by atoms with Crippen LogP contribution >= 0.6 is 24.8 Å². The van der Waals surface area contributed by atoms with Crippen molar-refractivity contribution < 1.29 is 14.6 Å². The van der Waals surface area contributed by atoms with Crippen molar-refractivity contribution in [2.24, 2.45) is 17.8 Å². The van der Waals surface area contributed by atoms with Gasteiger partial charge < -0.3 is 20.1 Å². The van der Waals surface area contributed by atoms with Crippen LogP contribution < -0.4 is 5.32 Å². The van der Waals surface area contributed by atoms with E-state index >= 15 is 0 Å². The van der Waals surface area contributed by atoms with Gasteiger partial charge in [-0.3, -0.25) is 9.69 Å². The standard InChI is InChI=1S/C21H29N3O3.2ClH/c25-20(19-16-12-22-13-17(16)19)24-7-6-21(26,15-4-2-1-3-5-15)18(14-24)23-8-10-27-11-9-23;;/h1-5,16-19,22,26H,6-14H2;2*1H/t16-,17+,18-,19?,21+;;/m1../s1. The van der Waals surface area contributed by atoms with Crippen LogP contribution in [0.5, 0.6) is 0 Å². The number of carbonyl (C=O) groups is 1. The summed E-state index contributed by atoms with van der Waals surface area (Å²) in [5, 5.41) is 15.1. The van der Waals surface area contributed by atoms with Crippen LogP contribution in [0.15, 0.2) is 30.3 Å². The number of fused-ring (bicyclic) bond motifs is 1. The van der Waals surface area contributed by atoms with Gasteiger partial charge in [0, 0.05) is 32.1 Å². The van der Waals surface area contributed by atoms with E-state index in [1.165, 1.54) is 0 Å². The Kier molecular flexibility index (Phi) is 7.14. The first-order valence-electron chi connectivity index (χ1n) is 10.3. The third-order valence-corrected chi connectivity index (χ3v) is 7.16. The smallest absolute Gasteiger partial charge is 0.226 e. The number of benzene rings is 1. The van der Waals surface area contributed by atoms with Crippen molar-refractivity contribution in [2.75, 3.05) is 52.5 Å². The van der Waals surface area contributed by atoms with Crippen LogP contribution in [-0.2, 0) is 15.1 Å². The van der Waals surface area contributed by atoms with Crippen LogP contribution in [0, 0.1) is 17.8 Å². The van der Waals surface area contributed by atoms with Crippen LogP contribution in [0.25, 0.3) is 0 Å². The third kappa shape index (κ3) is 4.03. The van der Waals surface area contributed by atoms with Crippen molar-refractivity contribution in [2.45, 2.75) is 18.1 Å². The lowest BCUT2D eigenvalue weighted by atomic mass is 9.79. The number of rotatable bonds is 3. The molecule has 3 aliphatic heterocycles. The number of ether oxygens (including phenoxy) is 1. The number of likely N-dealkylation sites (tertiary alicyclic amines) is 1. The van der Waals surface area contributed by atoms with Gasteiger partial charge >= 0.3 is 0 Å². The van der Waals surface area contributed by atoms with E-state index in [0.29, 0.717) is 50.5 Å². The normalized spacial score (nSPS) is 36.5. The molecular weight excluding hydrogens is 413 g/mol. The van der Waals surface area contributed by atoms with Crippen molar-refractivity contribution >= 4 is 30.7 Å². The maximum absolute atomic E-state index is 13.1. The molecule has 5 rings (SSSR count). The predicted octanol–water partition coefficient (Wildman–Crippen LogP) is 1.12. The Hall–Kier alpha value is -0.890. The monoisotopic (exact) mass is 443 g/mol. The number of carbonyl (C=O) groups excluding carboxylic acids is 1. The molecule has 1 unspecified atom stereocenters. The molecule has 8 heteroatoms. The zero-order valence-electron chi connectivity index (χ0n) is 16.5. The summed E-state index contributed by atoms with van der Waals surface area (Å²) < 4.78 is 5.53. The molecule has 0 aromatic heterocycles. The number of morpholine rings is 1. The molecule has 1 aliphatic carbocycles. The Bertz CT molecular complexity index is 694. The van der Waals surface area contributed by atoms with Gasteiger partial charge in [0.05, 0.1) is 19.3 Å². The summed E-state index contributed by atoms with van der Waals surface area (Å²) in [6.07, 6.45) is 0.588. The summed E-state index contributed by atoms with van der Waals surface area (Å²) in [5.41, 5.74) is 0.0391. The summed E-state index contributed by atoms with van der Waals surface area (Å²) in [5.74, 6) is 1.59. The lowest BCUT2D eigenvalue weighted by Crippen LogP contribution is -2.63. The molecule has 5 atom stereocenters. The lowest BCUT2D eigenvalue weighted by Gasteiger charge is -2.50. The average Bonchev–Trinajstić information content (AvgIpc) is 3.20. The Morgan fingerprint density at radius 1 is 1.07 bits per heavy atom. The summed E-state index contributed by atoms with van der Waals surface area (Å²) in [7, 11) is 0. The molecule has 2 N–H and O–H groups in total. The van der Waals surface area contributed by atoms with Gasteiger partial charge in [0.25, 0.3) is 0 Å². The summed E-state index contributed by atoms with van der Waals surface area (Å²) in [6, 6.07) is 9.90. The molecule has 6 nitrogen and oxygen atoms in total. The fourth-order valence-corrected chi connectivity index (χ4v) is 5.49. The maximum atomic E-state index is 13.1. The van der Waals surface area contributed by atoms with Gasteiger partial charge in [0.2, 0.25) is 5.91 Å². The van der Waals surface area contributed by atoms with Crippen LogP contribution in [0.4, 0.5) is 0 Å². The van der Waals surface area contributed by atoms with Gasteiger partial charge in [-0.15, -0.1) is 24.8 Å². The molecule has 1 aromatic rings. The van der Waals surface area contributed by atoms with Gasteiger partial charge in [-0.1, -0.05) is 30.3 Å². The average molecular weight is 444 g/mol. The second-order valence-corrected chi connectivity index (χ2v) is 8.50. The topological polar surface area (TPSA) is 65.0 Å². The van der Waals surface area contributed by atoms with Gasteiger partial charge in [0.15, 0.2) is 0 Å². The fourth-order valence-electron chi connectivity index (χ4n) is 5.49. The molecule has 4 aliphatic rings. The second-order valence-electron chi connectivity index (χ2n) is 8.50. The van der Waals surface area contributed by atoms with Crippen molar-refractivity contribution in [3.63, 3.8) is 0 Å². The number of hydrogen-bond acceptors (Lipinski definition) is 5. The van der Waals surface area contributed by atoms with E-state index in [-0.39, 0.29) is 36.8 Å². The predicted molar refractivity (Wildman–Crippen MR) is 116 cm³/mol. The van der Waals surface area contributed by atoms with Crippen molar-refractivity contribution in [3.8, 4) is 0 Å². The molecule has 0 bridgehead atoms. The minimum Gasteiger partial charge on any atom is -0.383 e. The number of nitrogens with one attached hydrogen (secondary N) is 1. The van der Waals surface area contributed by atoms with Gasteiger partial charge in [0.1, 0.15) is 5.60 Å². The van der Waals surface area contributed by atoms with Gasteiger partial charge in [-0.25, -0.2) is 0 Å². The van der Waals surface area contributed by atoms with E-state index in [1.54, 1.807) is 0 Å². The van der Waals surface area contributed by atoms with Crippen LogP contribution in [0.2, 0.25) is 0 Å². The summed E-state index contributed by atoms with van der Waals surface area (Å²) >= 11 is 0. The Labute approximate surface area is 184 Å². The molecule has 162 valence electrons. The first-order valence-corrected chi connectivity index (χ1v) is 10.3. The SMILES string of the molecule is Cl.Cl.O=C(C1[C@H]2CNC[C@@H]12)N1CC[C@](O)(c2ccccc2)[C@H](N2CCOCC2)C1. The molecule has 3 saturated heterocycles. The van der Waals surface area contributed by atoms with Crippen LogP contribution in [0.1, 0.15) is 12.0 Å². The third-order valence-electron chi connectivity index (χ3n) is 7.16. The van der Waals surface area contributed by atoms with E-state index in [4.69, 9.17) is 4.74 Å².